The number of fused-ring (bicyclic) bond motifs is 1. The molecule has 2 aromatic rings. The Morgan fingerprint density at radius 1 is 1.30 bits per heavy atom. The van der Waals surface area contributed by atoms with Gasteiger partial charge in [0.1, 0.15) is 11.4 Å². The molecule has 120 valence electrons. The third-order valence-electron chi connectivity index (χ3n) is 4.07. The molecule has 0 saturated carbocycles. The molecule has 0 radical (unpaired) electrons. The maximum Gasteiger partial charge on any atom is 0.224 e. The first-order valence-electron chi connectivity index (χ1n) is 7.91. The molecule has 0 aliphatic carbocycles. The summed E-state index contributed by atoms with van der Waals surface area (Å²) in [6.07, 6.45) is 4.53. The van der Waals surface area contributed by atoms with Crippen LogP contribution in [0.2, 0.25) is 0 Å². The highest BCUT2D eigenvalue weighted by Gasteiger charge is 2.34. The Balaban J connectivity index is 1.79. The lowest BCUT2D eigenvalue weighted by atomic mass is 9.89. The number of carbonyl (C=O) groups is 1. The van der Waals surface area contributed by atoms with Gasteiger partial charge in [-0.3, -0.25) is 9.78 Å². The number of aromatic nitrogens is 1. The highest BCUT2D eigenvalue weighted by molar-refractivity contribution is 5.79. The molecule has 1 amide bonds. The van der Waals surface area contributed by atoms with E-state index in [9.17, 15) is 4.79 Å². The number of carbonyl (C=O) groups excluding carboxylic acids is 1. The summed E-state index contributed by atoms with van der Waals surface area (Å²) in [7, 11) is 0. The molecule has 1 aromatic carbocycles. The Bertz CT molecular complexity index is 711. The van der Waals surface area contributed by atoms with Gasteiger partial charge in [0, 0.05) is 24.4 Å². The van der Waals surface area contributed by atoms with Crippen LogP contribution in [0.5, 0.6) is 5.75 Å². The summed E-state index contributed by atoms with van der Waals surface area (Å²) in [5, 5.41) is 3.17. The van der Waals surface area contributed by atoms with Crippen LogP contribution >= 0.6 is 0 Å². The molecule has 1 aliphatic rings. The van der Waals surface area contributed by atoms with Crippen LogP contribution in [0.3, 0.4) is 0 Å². The average molecular weight is 310 g/mol. The van der Waals surface area contributed by atoms with Gasteiger partial charge in [-0.05, 0) is 44.5 Å². The van der Waals surface area contributed by atoms with Crippen molar-refractivity contribution in [1.82, 2.24) is 10.3 Å². The Labute approximate surface area is 136 Å². The zero-order chi connectivity index (χ0) is 16.4. The molecule has 2 heterocycles. The minimum absolute atomic E-state index is 0.0198. The van der Waals surface area contributed by atoms with Crippen LogP contribution in [0.1, 0.15) is 43.0 Å². The average Bonchev–Trinajstić information content (AvgIpc) is 2.48. The van der Waals surface area contributed by atoms with Crippen molar-refractivity contribution in [2.75, 3.05) is 0 Å². The number of rotatable bonds is 3. The molecule has 1 atom stereocenters. The summed E-state index contributed by atoms with van der Waals surface area (Å²) < 4.78 is 6.04. The fourth-order valence-corrected chi connectivity index (χ4v) is 3.03. The van der Waals surface area contributed by atoms with Crippen LogP contribution < -0.4 is 10.1 Å². The van der Waals surface area contributed by atoms with E-state index in [1.165, 1.54) is 5.56 Å². The zero-order valence-electron chi connectivity index (χ0n) is 13.8. The first kappa shape index (κ1) is 15.5. The van der Waals surface area contributed by atoms with E-state index in [1.54, 1.807) is 12.4 Å². The van der Waals surface area contributed by atoms with Gasteiger partial charge >= 0.3 is 0 Å². The number of benzene rings is 1. The van der Waals surface area contributed by atoms with Gasteiger partial charge in [0.05, 0.1) is 12.5 Å². The second-order valence-electron chi connectivity index (χ2n) is 6.76. The molecule has 1 N–H and O–H groups in total. The van der Waals surface area contributed by atoms with Crippen molar-refractivity contribution in [3.05, 3.63) is 59.4 Å². The first-order valence-corrected chi connectivity index (χ1v) is 7.91. The minimum Gasteiger partial charge on any atom is -0.487 e. The van der Waals surface area contributed by atoms with Crippen LogP contribution in [0.25, 0.3) is 0 Å². The molecule has 23 heavy (non-hydrogen) atoms. The molecule has 0 spiro atoms. The molecule has 1 aliphatic heterocycles. The number of nitrogens with one attached hydrogen (secondary N) is 1. The monoisotopic (exact) mass is 310 g/mol. The van der Waals surface area contributed by atoms with Crippen molar-refractivity contribution in [3.63, 3.8) is 0 Å². The molecule has 0 fully saturated rings. The molecular weight excluding hydrogens is 288 g/mol. The van der Waals surface area contributed by atoms with Crippen LogP contribution in [0.15, 0.2) is 42.7 Å². The smallest absolute Gasteiger partial charge is 0.224 e. The van der Waals surface area contributed by atoms with Gasteiger partial charge in [-0.15, -0.1) is 0 Å². The van der Waals surface area contributed by atoms with Gasteiger partial charge in [0.25, 0.3) is 0 Å². The number of ether oxygens (including phenoxy) is 1. The number of hydrogen-bond donors (Lipinski definition) is 1. The van der Waals surface area contributed by atoms with Crippen molar-refractivity contribution in [2.24, 2.45) is 0 Å². The Morgan fingerprint density at radius 3 is 2.78 bits per heavy atom. The normalized spacial score (nSPS) is 18.7. The van der Waals surface area contributed by atoms with Crippen molar-refractivity contribution >= 4 is 5.91 Å². The molecule has 0 saturated heterocycles. The maximum atomic E-state index is 12.4. The summed E-state index contributed by atoms with van der Waals surface area (Å²) >= 11 is 0. The van der Waals surface area contributed by atoms with E-state index >= 15 is 0 Å². The van der Waals surface area contributed by atoms with Gasteiger partial charge in [-0.1, -0.05) is 17.7 Å². The van der Waals surface area contributed by atoms with Crippen molar-refractivity contribution in [2.45, 2.75) is 45.3 Å². The van der Waals surface area contributed by atoms with Crippen LogP contribution in [0.4, 0.5) is 0 Å². The Hall–Kier alpha value is -2.36. The van der Waals surface area contributed by atoms with Crippen molar-refractivity contribution in [1.29, 1.82) is 0 Å². The Morgan fingerprint density at radius 2 is 2.04 bits per heavy atom. The molecular formula is C19H22N2O2. The maximum absolute atomic E-state index is 12.4. The van der Waals surface area contributed by atoms with Gasteiger partial charge in [-0.2, -0.15) is 0 Å². The van der Waals surface area contributed by atoms with E-state index in [4.69, 9.17) is 4.74 Å². The molecule has 4 heteroatoms. The summed E-state index contributed by atoms with van der Waals surface area (Å²) in [4.78, 5) is 16.4. The summed E-state index contributed by atoms with van der Waals surface area (Å²) in [6, 6.07) is 9.84. The minimum atomic E-state index is -0.295. The van der Waals surface area contributed by atoms with Crippen LogP contribution in [-0.4, -0.2) is 16.5 Å². The summed E-state index contributed by atoms with van der Waals surface area (Å²) in [5.41, 5.74) is 2.90. The van der Waals surface area contributed by atoms with E-state index in [1.807, 2.05) is 24.3 Å². The summed E-state index contributed by atoms with van der Waals surface area (Å²) in [5.74, 6) is 0.882. The predicted molar refractivity (Wildman–Crippen MR) is 89.3 cm³/mol. The number of hydrogen-bond acceptors (Lipinski definition) is 3. The lowest BCUT2D eigenvalue weighted by molar-refractivity contribution is -0.121. The van der Waals surface area contributed by atoms with Gasteiger partial charge in [0.2, 0.25) is 5.91 Å². The molecule has 3 rings (SSSR count). The topological polar surface area (TPSA) is 51.2 Å². The molecule has 0 bridgehead atoms. The quantitative estimate of drug-likeness (QED) is 0.946. The standard InChI is InChI=1S/C19H22N2O2/c1-13-4-5-17-15(10-13)16(12-19(2,3)23-17)21-18(22)11-14-6-8-20-9-7-14/h4-10,16H,11-12H2,1-3H3,(H,21,22). The van der Waals surface area contributed by atoms with Gasteiger partial charge in [-0.25, -0.2) is 0 Å². The lowest BCUT2D eigenvalue weighted by Crippen LogP contribution is -2.41. The number of aryl methyl sites for hydroxylation is 1. The summed E-state index contributed by atoms with van der Waals surface area (Å²) in [6.45, 7) is 6.16. The first-order chi connectivity index (χ1) is 10.9. The molecule has 1 unspecified atom stereocenters. The third kappa shape index (κ3) is 3.70. The number of pyridine rings is 1. The second kappa shape index (κ2) is 6.03. The fraction of sp³-hybridized carbons (Fsp3) is 0.368. The van der Waals surface area contributed by atoms with E-state index in [0.29, 0.717) is 6.42 Å². The van der Waals surface area contributed by atoms with E-state index in [0.717, 1.165) is 23.3 Å². The fourth-order valence-electron chi connectivity index (χ4n) is 3.03. The SMILES string of the molecule is Cc1ccc2c(c1)C(NC(=O)Cc1ccncc1)CC(C)(C)O2. The van der Waals surface area contributed by atoms with Crippen LogP contribution in [-0.2, 0) is 11.2 Å². The number of nitrogens with zero attached hydrogens (tertiary/aromatic N) is 1. The van der Waals surface area contributed by atoms with Gasteiger partial charge < -0.3 is 10.1 Å². The highest BCUT2D eigenvalue weighted by Crippen LogP contribution is 2.39. The molecule has 4 nitrogen and oxygen atoms in total. The second-order valence-corrected chi connectivity index (χ2v) is 6.76. The van der Waals surface area contributed by atoms with E-state index in [2.05, 4.69) is 37.1 Å². The van der Waals surface area contributed by atoms with E-state index < -0.39 is 0 Å². The number of amides is 1. The van der Waals surface area contributed by atoms with Crippen molar-refractivity contribution < 1.29 is 9.53 Å². The van der Waals surface area contributed by atoms with Gasteiger partial charge in [0.15, 0.2) is 0 Å². The van der Waals surface area contributed by atoms with Crippen LogP contribution in [0, 0.1) is 6.92 Å². The third-order valence-corrected chi connectivity index (χ3v) is 4.07. The Kier molecular flexibility index (Phi) is 4.07. The largest absolute Gasteiger partial charge is 0.487 e. The predicted octanol–water partition coefficient (Wildman–Crippen LogP) is 3.35. The lowest BCUT2D eigenvalue weighted by Gasteiger charge is -2.38. The van der Waals surface area contributed by atoms with Crippen molar-refractivity contribution in [3.8, 4) is 5.75 Å². The zero-order valence-corrected chi connectivity index (χ0v) is 13.8. The van der Waals surface area contributed by atoms with E-state index in [-0.39, 0.29) is 17.6 Å². The highest BCUT2D eigenvalue weighted by atomic mass is 16.5. The molecule has 1 aromatic heterocycles.